The van der Waals surface area contributed by atoms with E-state index < -0.39 is 0 Å². The SMILES string of the molecule is O=[N+]([O-])c1ccc(N2CCN(c3nc(Cl)nc4c3ncn4C3CCCC3)CC2)cc1. The molecule has 0 radical (unpaired) electrons. The summed E-state index contributed by atoms with van der Waals surface area (Å²) in [4.78, 5) is 28.5. The van der Waals surface area contributed by atoms with Gasteiger partial charge >= 0.3 is 0 Å². The lowest BCUT2D eigenvalue weighted by Gasteiger charge is -2.36. The zero-order valence-electron chi connectivity index (χ0n) is 16.4. The molecule has 0 atom stereocenters. The third kappa shape index (κ3) is 3.43. The number of piperazine rings is 1. The molecule has 1 saturated carbocycles. The van der Waals surface area contributed by atoms with Gasteiger partial charge in [-0.05, 0) is 36.6 Å². The summed E-state index contributed by atoms with van der Waals surface area (Å²) in [5.41, 5.74) is 2.70. The number of imidazole rings is 1. The van der Waals surface area contributed by atoms with Crippen LogP contribution >= 0.6 is 11.6 Å². The predicted octanol–water partition coefficient (Wildman–Crippen LogP) is 3.83. The van der Waals surface area contributed by atoms with Crippen LogP contribution in [0.3, 0.4) is 0 Å². The van der Waals surface area contributed by atoms with Gasteiger partial charge in [0.15, 0.2) is 17.0 Å². The Labute approximate surface area is 178 Å². The Kier molecular flexibility index (Phi) is 4.90. The number of hydrogen-bond acceptors (Lipinski definition) is 7. The normalized spacial score (nSPS) is 17.8. The maximum atomic E-state index is 10.9. The van der Waals surface area contributed by atoms with E-state index in [4.69, 9.17) is 11.6 Å². The van der Waals surface area contributed by atoms with Crippen molar-refractivity contribution in [3.63, 3.8) is 0 Å². The second-order valence-corrected chi connectivity index (χ2v) is 8.16. The Morgan fingerprint density at radius 2 is 1.67 bits per heavy atom. The van der Waals surface area contributed by atoms with Gasteiger partial charge in [0.2, 0.25) is 5.28 Å². The molecule has 1 aromatic carbocycles. The number of nitro benzene ring substituents is 1. The Hall–Kier alpha value is -2.94. The van der Waals surface area contributed by atoms with E-state index >= 15 is 0 Å². The number of benzene rings is 1. The predicted molar refractivity (Wildman–Crippen MR) is 115 cm³/mol. The lowest BCUT2D eigenvalue weighted by atomic mass is 10.2. The van der Waals surface area contributed by atoms with Gasteiger partial charge in [-0.3, -0.25) is 10.1 Å². The summed E-state index contributed by atoms with van der Waals surface area (Å²) in [5, 5.41) is 11.1. The van der Waals surface area contributed by atoms with Gasteiger partial charge in [0.1, 0.15) is 0 Å². The smallest absolute Gasteiger partial charge is 0.269 e. The van der Waals surface area contributed by atoms with Gasteiger partial charge in [0, 0.05) is 50.0 Å². The van der Waals surface area contributed by atoms with Crippen LogP contribution < -0.4 is 9.80 Å². The fourth-order valence-corrected chi connectivity index (χ4v) is 4.67. The van der Waals surface area contributed by atoms with Gasteiger partial charge in [-0.25, -0.2) is 4.98 Å². The number of non-ortho nitro benzene ring substituents is 1. The Morgan fingerprint density at radius 3 is 2.33 bits per heavy atom. The van der Waals surface area contributed by atoms with Crippen LogP contribution in [0.1, 0.15) is 31.7 Å². The molecule has 156 valence electrons. The number of anilines is 2. The number of hydrogen-bond donors (Lipinski definition) is 0. The van der Waals surface area contributed by atoms with Crippen molar-refractivity contribution in [2.45, 2.75) is 31.7 Å². The van der Waals surface area contributed by atoms with Crippen LogP contribution in [0.2, 0.25) is 5.28 Å². The average Bonchev–Trinajstić information content (AvgIpc) is 3.43. The van der Waals surface area contributed by atoms with E-state index in [0.717, 1.165) is 61.7 Å². The highest BCUT2D eigenvalue weighted by Crippen LogP contribution is 2.34. The highest BCUT2D eigenvalue weighted by Gasteiger charge is 2.25. The van der Waals surface area contributed by atoms with Crippen LogP contribution in [0.5, 0.6) is 0 Å². The van der Waals surface area contributed by atoms with Crippen LogP contribution in [0, 0.1) is 10.1 Å². The number of nitro groups is 1. The molecule has 0 unspecified atom stereocenters. The first-order valence-corrected chi connectivity index (χ1v) is 10.6. The number of aromatic nitrogens is 4. The number of rotatable bonds is 4. The van der Waals surface area contributed by atoms with E-state index in [1.807, 2.05) is 6.33 Å². The van der Waals surface area contributed by atoms with Crippen molar-refractivity contribution in [1.29, 1.82) is 0 Å². The van der Waals surface area contributed by atoms with Gasteiger partial charge in [-0.1, -0.05) is 12.8 Å². The molecule has 1 aliphatic heterocycles. The van der Waals surface area contributed by atoms with Crippen molar-refractivity contribution >= 4 is 40.0 Å². The first kappa shape index (κ1) is 19.0. The summed E-state index contributed by atoms with van der Waals surface area (Å²) in [5.74, 6) is 0.782. The fourth-order valence-electron chi connectivity index (χ4n) is 4.51. The first-order chi connectivity index (χ1) is 14.6. The third-order valence-electron chi connectivity index (χ3n) is 6.10. The molecule has 0 bridgehead atoms. The number of nitrogens with zero attached hydrogens (tertiary/aromatic N) is 7. The average molecular weight is 428 g/mol. The van der Waals surface area contributed by atoms with E-state index in [0.29, 0.717) is 6.04 Å². The van der Waals surface area contributed by atoms with Gasteiger partial charge in [-0.15, -0.1) is 0 Å². The van der Waals surface area contributed by atoms with Crippen LogP contribution in [-0.2, 0) is 0 Å². The maximum absolute atomic E-state index is 10.9. The van der Waals surface area contributed by atoms with Crippen molar-refractivity contribution in [2.24, 2.45) is 0 Å². The van der Waals surface area contributed by atoms with E-state index in [1.165, 1.54) is 12.8 Å². The summed E-state index contributed by atoms with van der Waals surface area (Å²) >= 11 is 6.29. The topological polar surface area (TPSA) is 93.2 Å². The molecular weight excluding hydrogens is 406 g/mol. The monoisotopic (exact) mass is 427 g/mol. The van der Waals surface area contributed by atoms with Crippen LogP contribution in [0.4, 0.5) is 17.2 Å². The standard InChI is InChI=1S/C20H22ClN7O2/c21-20-23-18(17-19(24-20)27(13-22-17)15-3-1-2-4-15)26-11-9-25(10-12-26)14-5-7-16(8-6-14)28(29)30/h5-8,13,15H,1-4,9-12H2. The van der Waals surface area contributed by atoms with Gasteiger partial charge in [-0.2, -0.15) is 9.97 Å². The molecule has 30 heavy (non-hydrogen) atoms. The minimum Gasteiger partial charge on any atom is -0.368 e. The highest BCUT2D eigenvalue weighted by molar-refractivity contribution is 6.28. The molecule has 2 fully saturated rings. The second-order valence-electron chi connectivity index (χ2n) is 7.83. The molecule has 0 amide bonds. The van der Waals surface area contributed by atoms with Gasteiger partial charge in [0.25, 0.3) is 5.69 Å². The van der Waals surface area contributed by atoms with E-state index in [1.54, 1.807) is 24.3 Å². The summed E-state index contributed by atoms with van der Waals surface area (Å²) in [7, 11) is 0. The van der Waals surface area contributed by atoms with Crippen LogP contribution in [0.25, 0.3) is 11.2 Å². The van der Waals surface area contributed by atoms with E-state index in [2.05, 4.69) is 29.3 Å². The molecule has 2 aliphatic rings. The van der Waals surface area contributed by atoms with Gasteiger partial charge < -0.3 is 14.4 Å². The van der Waals surface area contributed by atoms with Crippen molar-refractivity contribution in [3.8, 4) is 0 Å². The summed E-state index contributed by atoms with van der Waals surface area (Å²) in [6.45, 7) is 3.08. The summed E-state index contributed by atoms with van der Waals surface area (Å²) < 4.78 is 2.16. The maximum Gasteiger partial charge on any atom is 0.269 e. The Bertz CT molecular complexity index is 1070. The molecule has 3 aromatic rings. The van der Waals surface area contributed by atoms with Crippen molar-refractivity contribution < 1.29 is 4.92 Å². The molecular formula is C20H22ClN7O2. The highest BCUT2D eigenvalue weighted by atomic mass is 35.5. The summed E-state index contributed by atoms with van der Waals surface area (Å²) in [6, 6.07) is 7.14. The van der Waals surface area contributed by atoms with Crippen molar-refractivity contribution in [2.75, 3.05) is 36.0 Å². The Morgan fingerprint density at radius 1 is 1.00 bits per heavy atom. The number of fused-ring (bicyclic) bond motifs is 1. The van der Waals surface area contributed by atoms with E-state index in [9.17, 15) is 10.1 Å². The zero-order valence-corrected chi connectivity index (χ0v) is 17.2. The molecule has 0 spiro atoms. The largest absolute Gasteiger partial charge is 0.368 e. The van der Waals surface area contributed by atoms with Crippen LogP contribution in [0.15, 0.2) is 30.6 Å². The zero-order chi connectivity index (χ0) is 20.7. The minimum atomic E-state index is -0.378. The third-order valence-corrected chi connectivity index (χ3v) is 6.27. The molecule has 9 nitrogen and oxygen atoms in total. The molecule has 5 rings (SSSR count). The molecule has 2 aromatic heterocycles. The van der Waals surface area contributed by atoms with Gasteiger partial charge in [0.05, 0.1) is 11.3 Å². The Balaban J connectivity index is 1.36. The minimum absolute atomic E-state index is 0.105. The summed E-state index contributed by atoms with van der Waals surface area (Å²) in [6.07, 6.45) is 6.65. The molecule has 3 heterocycles. The molecule has 10 heteroatoms. The van der Waals surface area contributed by atoms with E-state index in [-0.39, 0.29) is 15.9 Å². The van der Waals surface area contributed by atoms with Crippen LogP contribution in [-0.4, -0.2) is 50.6 Å². The molecule has 0 N–H and O–H groups in total. The fraction of sp³-hybridized carbons (Fsp3) is 0.450. The molecule has 1 saturated heterocycles. The van der Waals surface area contributed by atoms with Crippen molar-refractivity contribution in [3.05, 3.63) is 46.0 Å². The lowest BCUT2D eigenvalue weighted by Crippen LogP contribution is -2.47. The first-order valence-electron chi connectivity index (χ1n) is 10.2. The number of halogens is 1. The van der Waals surface area contributed by atoms with Crippen molar-refractivity contribution in [1.82, 2.24) is 19.5 Å². The quantitative estimate of drug-likeness (QED) is 0.355. The lowest BCUT2D eigenvalue weighted by molar-refractivity contribution is -0.384. The second kappa shape index (κ2) is 7.71. The molecule has 1 aliphatic carbocycles.